The van der Waals surface area contributed by atoms with Crippen LogP contribution in [0.2, 0.25) is 0 Å². The number of nitriles is 1. The van der Waals surface area contributed by atoms with Crippen LogP contribution in [-0.2, 0) is 12.7 Å². The van der Waals surface area contributed by atoms with Gasteiger partial charge in [-0.15, -0.1) is 0 Å². The van der Waals surface area contributed by atoms with Crippen molar-refractivity contribution in [2.75, 3.05) is 5.73 Å². The highest BCUT2D eigenvalue weighted by atomic mass is 19.4. The highest BCUT2D eigenvalue weighted by Gasteiger charge is 2.31. The predicted octanol–water partition coefficient (Wildman–Crippen LogP) is 3.45. The Morgan fingerprint density at radius 1 is 1.07 bits per heavy atom. The van der Waals surface area contributed by atoms with Gasteiger partial charge in [-0.25, -0.2) is 9.97 Å². The summed E-state index contributed by atoms with van der Waals surface area (Å²) < 4.78 is 39.1. The van der Waals surface area contributed by atoms with Crippen LogP contribution in [0.25, 0.3) is 22.6 Å². The Hall–Kier alpha value is -3.64. The van der Waals surface area contributed by atoms with Gasteiger partial charge in [0, 0.05) is 12.1 Å². The summed E-state index contributed by atoms with van der Waals surface area (Å²) >= 11 is 0. The molecule has 0 amide bonds. The summed E-state index contributed by atoms with van der Waals surface area (Å²) in [5, 5.41) is 19.4. The molecule has 28 heavy (non-hydrogen) atoms. The Balaban J connectivity index is 2.22. The van der Waals surface area contributed by atoms with Gasteiger partial charge in [0.2, 0.25) is 0 Å². The molecule has 3 aromatic rings. The number of aromatic hydroxyl groups is 1. The van der Waals surface area contributed by atoms with Gasteiger partial charge in [-0.3, -0.25) is 0 Å². The molecule has 6 nitrogen and oxygen atoms in total. The maximum absolute atomic E-state index is 13.0. The molecule has 0 radical (unpaired) electrons. The van der Waals surface area contributed by atoms with Gasteiger partial charge < -0.3 is 16.6 Å². The Morgan fingerprint density at radius 2 is 1.75 bits per heavy atom. The summed E-state index contributed by atoms with van der Waals surface area (Å²) in [4.78, 5) is 8.13. The first kappa shape index (κ1) is 19.1. The molecule has 0 bridgehead atoms. The lowest BCUT2D eigenvalue weighted by Gasteiger charge is -2.12. The van der Waals surface area contributed by atoms with E-state index < -0.39 is 17.5 Å². The summed E-state index contributed by atoms with van der Waals surface area (Å²) in [6.45, 7) is 0.320. The Kier molecular flexibility index (Phi) is 4.90. The van der Waals surface area contributed by atoms with Crippen LogP contribution in [0.5, 0.6) is 5.75 Å². The number of hydrogen-bond donors (Lipinski definition) is 3. The molecule has 1 aromatic heterocycles. The lowest BCUT2D eigenvalue weighted by Crippen LogP contribution is -2.06. The van der Waals surface area contributed by atoms with Gasteiger partial charge in [0.1, 0.15) is 23.2 Å². The monoisotopic (exact) mass is 385 g/mol. The third kappa shape index (κ3) is 3.58. The fourth-order valence-corrected chi connectivity index (χ4v) is 2.61. The molecule has 0 saturated heterocycles. The molecule has 0 saturated carbocycles. The van der Waals surface area contributed by atoms with E-state index in [1.807, 2.05) is 6.07 Å². The SMILES string of the molecule is N#Cc1c(N)nc(-c2cc(C(F)(F)F)ccc2O)nc1-c1ccc(CN)cc1. The van der Waals surface area contributed by atoms with Crippen molar-refractivity contribution in [1.82, 2.24) is 9.97 Å². The van der Waals surface area contributed by atoms with E-state index in [-0.39, 0.29) is 28.5 Å². The van der Waals surface area contributed by atoms with Gasteiger partial charge in [0.25, 0.3) is 0 Å². The highest BCUT2D eigenvalue weighted by Crippen LogP contribution is 2.37. The molecule has 9 heteroatoms. The average Bonchev–Trinajstić information content (AvgIpc) is 2.67. The number of hydrogen-bond acceptors (Lipinski definition) is 6. The minimum absolute atomic E-state index is 0.0179. The van der Waals surface area contributed by atoms with E-state index in [1.165, 1.54) is 0 Å². The van der Waals surface area contributed by atoms with E-state index in [9.17, 15) is 23.5 Å². The van der Waals surface area contributed by atoms with Crippen molar-refractivity contribution in [3.63, 3.8) is 0 Å². The van der Waals surface area contributed by atoms with Crippen LogP contribution in [0.15, 0.2) is 42.5 Å². The number of benzene rings is 2. The molecule has 0 fully saturated rings. The number of rotatable bonds is 3. The topological polar surface area (TPSA) is 122 Å². The maximum Gasteiger partial charge on any atom is 0.416 e. The standard InChI is InChI=1S/C19H14F3N5O/c20-19(21,22)12-5-6-15(28)13(7-12)18-26-16(14(9-24)17(25)27-18)11-3-1-10(8-23)2-4-11/h1-7,28H,8,23H2,(H2,25,26,27). The third-order valence-electron chi connectivity index (χ3n) is 4.08. The Morgan fingerprint density at radius 3 is 2.32 bits per heavy atom. The normalized spacial score (nSPS) is 11.2. The summed E-state index contributed by atoms with van der Waals surface area (Å²) in [5.74, 6) is -0.873. The molecule has 142 valence electrons. The highest BCUT2D eigenvalue weighted by molar-refractivity contribution is 5.76. The zero-order chi connectivity index (χ0) is 20.5. The van der Waals surface area contributed by atoms with Crippen molar-refractivity contribution < 1.29 is 18.3 Å². The number of phenolic OH excluding ortho intramolecular Hbond substituents is 1. The van der Waals surface area contributed by atoms with Crippen molar-refractivity contribution in [2.45, 2.75) is 12.7 Å². The molecule has 0 spiro atoms. The lowest BCUT2D eigenvalue weighted by molar-refractivity contribution is -0.137. The van der Waals surface area contributed by atoms with Crippen molar-refractivity contribution in [1.29, 1.82) is 5.26 Å². The minimum atomic E-state index is -4.61. The van der Waals surface area contributed by atoms with Gasteiger partial charge in [0.05, 0.1) is 16.8 Å². The van der Waals surface area contributed by atoms with Gasteiger partial charge >= 0.3 is 6.18 Å². The quantitative estimate of drug-likeness (QED) is 0.635. The van der Waals surface area contributed by atoms with Crippen LogP contribution in [0, 0.1) is 11.3 Å². The first-order valence-electron chi connectivity index (χ1n) is 8.02. The molecule has 1 heterocycles. The Bertz CT molecular complexity index is 1070. The molecule has 0 atom stereocenters. The number of nitrogens with two attached hydrogens (primary N) is 2. The number of aromatic nitrogens is 2. The molecule has 0 aliphatic rings. The lowest BCUT2D eigenvalue weighted by atomic mass is 10.0. The Labute approximate surface area is 157 Å². The molecule has 3 rings (SSSR count). The van der Waals surface area contributed by atoms with Gasteiger partial charge in [-0.2, -0.15) is 18.4 Å². The maximum atomic E-state index is 13.0. The number of nitrogens with zero attached hydrogens (tertiary/aromatic N) is 3. The summed E-state index contributed by atoms with van der Waals surface area (Å²) in [5.41, 5.74) is 11.7. The zero-order valence-electron chi connectivity index (χ0n) is 14.3. The van der Waals surface area contributed by atoms with Gasteiger partial charge in [-0.1, -0.05) is 24.3 Å². The van der Waals surface area contributed by atoms with E-state index in [0.29, 0.717) is 12.1 Å². The summed E-state index contributed by atoms with van der Waals surface area (Å²) in [6.07, 6.45) is -4.61. The molecule has 0 unspecified atom stereocenters. The smallest absolute Gasteiger partial charge is 0.416 e. The molecule has 5 N–H and O–H groups in total. The molecule has 2 aromatic carbocycles. The van der Waals surface area contributed by atoms with E-state index in [0.717, 1.165) is 23.8 Å². The van der Waals surface area contributed by atoms with E-state index in [2.05, 4.69) is 9.97 Å². The van der Waals surface area contributed by atoms with Crippen LogP contribution in [0.3, 0.4) is 0 Å². The molecular formula is C19H14F3N5O. The van der Waals surface area contributed by atoms with Gasteiger partial charge in [-0.05, 0) is 23.8 Å². The number of halogens is 3. The number of nitrogen functional groups attached to an aromatic ring is 1. The first-order valence-corrected chi connectivity index (χ1v) is 8.02. The van der Waals surface area contributed by atoms with Crippen molar-refractivity contribution in [3.05, 3.63) is 59.2 Å². The largest absolute Gasteiger partial charge is 0.507 e. The number of phenols is 1. The van der Waals surface area contributed by atoms with Crippen LogP contribution < -0.4 is 11.5 Å². The fourth-order valence-electron chi connectivity index (χ4n) is 2.61. The van der Waals surface area contributed by atoms with Gasteiger partial charge in [0.15, 0.2) is 5.82 Å². The second-order valence-electron chi connectivity index (χ2n) is 5.90. The van der Waals surface area contributed by atoms with Crippen molar-refractivity contribution >= 4 is 5.82 Å². The fraction of sp³-hybridized carbons (Fsp3) is 0.105. The third-order valence-corrected chi connectivity index (χ3v) is 4.08. The number of anilines is 1. The molecule has 0 aliphatic carbocycles. The minimum Gasteiger partial charge on any atom is -0.507 e. The van der Waals surface area contributed by atoms with Crippen LogP contribution in [0.4, 0.5) is 19.0 Å². The second kappa shape index (κ2) is 7.17. The van der Waals surface area contributed by atoms with Crippen LogP contribution in [-0.4, -0.2) is 15.1 Å². The van der Waals surface area contributed by atoms with E-state index in [4.69, 9.17) is 11.5 Å². The van der Waals surface area contributed by atoms with Crippen LogP contribution in [0.1, 0.15) is 16.7 Å². The number of alkyl halides is 3. The zero-order valence-corrected chi connectivity index (χ0v) is 14.3. The summed E-state index contributed by atoms with van der Waals surface area (Å²) in [6, 6.07) is 11.1. The second-order valence-corrected chi connectivity index (χ2v) is 5.90. The first-order chi connectivity index (χ1) is 13.2. The van der Waals surface area contributed by atoms with Crippen molar-refractivity contribution in [2.24, 2.45) is 5.73 Å². The van der Waals surface area contributed by atoms with E-state index >= 15 is 0 Å². The summed E-state index contributed by atoms with van der Waals surface area (Å²) in [7, 11) is 0. The van der Waals surface area contributed by atoms with Crippen LogP contribution >= 0.6 is 0 Å². The van der Waals surface area contributed by atoms with Crippen molar-refractivity contribution in [3.8, 4) is 34.5 Å². The molecule has 0 aliphatic heterocycles. The van der Waals surface area contributed by atoms with E-state index in [1.54, 1.807) is 24.3 Å². The molecular weight excluding hydrogens is 371 g/mol. The predicted molar refractivity (Wildman–Crippen MR) is 96.6 cm³/mol. The average molecular weight is 385 g/mol.